The van der Waals surface area contributed by atoms with Gasteiger partial charge in [-0.3, -0.25) is 0 Å². The summed E-state index contributed by atoms with van der Waals surface area (Å²) in [7, 11) is 0. The summed E-state index contributed by atoms with van der Waals surface area (Å²) in [5.74, 6) is 1.83. The Hall–Kier alpha value is -2.60. The third-order valence-corrected chi connectivity index (χ3v) is 3.81. The second kappa shape index (κ2) is 5.31. The minimum atomic E-state index is 0.226. The van der Waals surface area contributed by atoms with Gasteiger partial charge in [0.25, 0.3) is 0 Å². The molecule has 1 aromatic carbocycles. The van der Waals surface area contributed by atoms with Crippen molar-refractivity contribution >= 4 is 16.9 Å². The van der Waals surface area contributed by atoms with Gasteiger partial charge in [0.05, 0.1) is 18.7 Å². The number of H-pyrrole nitrogens is 1. The molecule has 1 fully saturated rings. The van der Waals surface area contributed by atoms with E-state index in [1.54, 1.807) is 24.4 Å². The molecule has 0 unspecified atom stereocenters. The van der Waals surface area contributed by atoms with Crippen LogP contribution < -0.4 is 4.90 Å². The summed E-state index contributed by atoms with van der Waals surface area (Å²) in [5.41, 5.74) is 2.64. The van der Waals surface area contributed by atoms with Gasteiger partial charge in [0.15, 0.2) is 5.82 Å². The van der Waals surface area contributed by atoms with E-state index >= 15 is 0 Å². The smallest absolute Gasteiger partial charge is 0.156 e. The van der Waals surface area contributed by atoms with Crippen LogP contribution in [-0.2, 0) is 4.74 Å². The first kappa shape index (κ1) is 13.1. The van der Waals surface area contributed by atoms with Crippen LogP contribution in [0.25, 0.3) is 22.4 Å². The minimum absolute atomic E-state index is 0.226. The Morgan fingerprint density at radius 3 is 2.86 bits per heavy atom. The van der Waals surface area contributed by atoms with E-state index in [2.05, 4.69) is 19.9 Å². The summed E-state index contributed by atoms with van der Waals surface area (Å²) in [6.45, 7) is 3.06. The number of benzene rings is 1. The lowest BCUT2D eigenvalue weighted by Gasteiger charge is -2.27. The Morgan fingerprint density at radius 1 is 1.18 bits per heavy atom. The number of pyridine rings is 1. The van der Waals surface area contributed by atoms with Crippen LogP contribution in [0.4, 0.5) is 5.82 Å². The lowest BCUT2D eigenvalue weighted by atomic mass is 10.2. The van der Waals surface area contributed by atoms with E-state index in [0.29, 0.717) is 13.2 Å². The molecular weight excluding hydrogens is 280 g/mol. The molecule has 112 valence electrons. The van der Waals surface area contributed by atoms with E-state index in [-0.39, 0.29) is 5.75 Å². The van der Waals surface area contributed by atoms with Gasteiger partial charge in [0.1, 0.15) is 17.1 Å². The molecule has 0 radical (unpaired) electrons. The number of phenolic OH excluding ortho intramolecular Hbond substituents is 1. The van der Waals surface area contributed by atoms with Crippen molar-refractivity contribution in [1.82, 2.24) is 15.0 Å². The average molecular weight is 296 g/mol. The van der Waals surface area contributed by atoms with Gasteiger partial charge < -0.3 is 19.7 Å². The Bertz CT molecular complexity index is 809. The van der Waals surface area contributed by atoms with Crippen molar-refractivity contribution in [2.24, 2.45) is 0 Å². The van der Waals surface area contributed by atoms with Gasteiger partial charge >= 0.3 is 0 Å². The van der Waals surface area contributed by atoms with Crippen molar-refractivity contribution in [3.05, 3.63) is 36.5 Å². The number of aromatic nitrogens is 3. The van der Waals surface area contributed by atoms with E-state index < -0.39 is 0 Å². The molecule has 0 spiro atoms. The molecule has 22 heavy (non-hydrogen) atoms. The first-order valence-corrected chi connectivity index (χ1v) is 7.28. The van der Waals surface area contributed by atoms with Crippen LogP contribution in [0.2, 0.25) is 0 Å². The second-order valence-corrected chi connectivity index (χ2v) is 5.27. The van der Waals surface area contributed by atoms with Gasteiger partial charge in [-0.15, -0.1) is 0 Å². The van der Waals surface area contributed by atoms with E-state index in [1.165, 1.54) is 0 Å². The fraction of sp³-hybridized carbons (Fsp3) is 0.250. The molecule has 3 heterocycles. The largest absolute Gasteiger partial charge is 0.508 e. The maximum absolute atomic E-state index is 9.63. The lowest BCUT2D eigenvalue weighted by Crippen LogP contribution is -2.36. The van der Waals surface area contributed by atoms with Gasteiger partial charge in [-0.2, -0.15) is 0 Å². The van der Waals surface area contributed by atoms with Crippen molar-refractivity contribution in [3.63, 3.8) is 0 Å². The topological polar surface area (TPSA) is 74.3 Å². The van der Waals surface area contributed by atoms with Gasteiger partial charge in [0, 0.05) is 24.8 Å². The molecule has 1 aliphatic rings. The number of phenols is 1. The molecule has 0 amide bonds. The number of hydrogen-bond donors (Lipinski definition) is 2. The lowest BCUT2D eigenvalue weighted by molar-refractivity contribution is 0.122. The second-order valence-electron chi connectivity index (χ2n) is 5.27. The number of anilines is 1. The number of rotatable bonds is 2. The molecule has 0 saturated carbocycles. The molecule has 1 aliphatic heterocycles. The molecule has 2 aromatic heterocycles. The highest BCUT2D eigenvalue weighted by Crippen LogP contribution is 2.28. The van der Waals surface area contributed by atoms with Crippen molar-refractivity contribution in [2.45, 2.75) is 0 Å². The number of aromatic hydroxyl groups is 1. The Balaban J connectivity index is 1.80. The zero-order valence-electron chi connectivity index (χ0n) is 12.0. The van der Waals surface area contributed by atoms with Crippen molar-refractivity contribution in [3.8, 4) is 17.1 Å². The minimum Gasteiger partial charge on any atom is -0.508 e. The number of nitrogens with one attached hydrogen (secondary N) is 1. The highest BCUT2D eigenvalue weighted by atomic mass is 16.5. The van der Waals surface area contributed by atoms with E-state index in [0.717, 1.165) is 41.3 Å². The zero-order chi connectivity index (χ0) is 14.9. The molecule has 2 N–H and O–H groups in total. The van der Waals surface area contributed by atoms with Gasteiger partial charge in [-0.05, 0) is 18.2 Å². The third-order valence-electron chi connectivity index (χ3n) is 3.81. The maximum atomic E-state index is 9.63. The molecular formula is C16H16N4O2. The van der Waals surface area contributed by atoms with E-state index in [9.17, 15) is 5.11 Å². The normalized spacial score (nSPS) is 15.4. The van der Waals surface area contributed by atoms with Crippen molar-refractivity contribution in [2.75, 3.05) is 31.2 Å². The number of nitrogens with zero attached hydrogens (tertiary/aromatic N) is 3. The quantitative estimate of drug-likeness (QED) is 0.758. The van der Waals surface area contributed by atoms with E-state index in [4.69, 9.17) is 4.74 Å². The monoisotopic (exact) mass is 296 g/mol. The maximum Gasteiger partial charge on any atom is 0.156 e. The van der Waals surface area contributed by atoms with Crippen LogP contribution in [0.1, 0.15) is 0 Å². The summed E-state index contributed by atoms with van der Waals surface area (Å²) in [6.07, 6.45) is 1.79. The van der Waals surface area contributed by atoms with Crippen molar-refractivity contribution in [1.29, 1.82) is 0 Å². The molecule has 4 rings (SSSR count). The van der Waals surface area contributed by atoms with Gasteiger partial charge in [-0.1, -0.05) is 12.1 Å². The summed E-state index contributed by atoms with van der Waals surface area (Å²) in [5, 5.41) is 9.63. The Kier molecular flexibility index (Phi) is 3.16. The van der Waals surface area contributed by atoms with Crippen LogP contribution in [0.15, 0.2) is 36.5 Å². The third kappa shape index (κ3) is 2.27. The molecule has 0 atom stereocenters. The first-order valence-electron chi connectivity index (χ1n) is 7.28. The van der Waals surface area contributed by atoms with Crippen LogP contribution >= 0.6 is 0 Å². The molecule has 0 bridgehead atoms. The van der Waals surface area contributed by atoms with Crippen molar-refractivity contribution < 1.29 is 9.84 Å². The predicted octanol–water partition coefficient (Wildman–Crippen LogP) is 2.17. The van der Waals surface area contributed by atoms with Crippen LogP contribution in [-0.4, -0.2) is 46.4 Å². The molecule has 6 nitrogen and oxygen atoms in total. The molecule has 3 aromatic rings. The summed E-state index contributed by atoms with van der Waals surface area (Å²) < 4.78 is 5.40. The van der Waals surface area contributed by atoms with Crippen LogP contribution in [0.5, 0.6) is 5.75 Å². The highest BCUT2D eigenvalue weighted by Gasteiger charge is 2.18. The summed E-state index contributed by atoms with van der Waals surface area (Å²) in [4.78, 5) is 14.7. The number of morpholine rings is 1. The predicted molar refractivity (Wildman–Crippen MR) is 84.0 cm³/mol. The number of ether oxygens (including phenoxy) is 1. The average Bonchev–Trinajstić information content (AvgIpc) is 3.00. The number of imidazole rings is 1. The molecule has 1 saturated heterocycles. The van der Waals surface area contributed by atoms with Crippen LogP contribution in [0.3, 0.4) is 0 Å². The summed E-state index contributed by atoms with van der Waals surface area (Å²) in [6, 6.07) is 8.98. The fourth-order valence-corrected chi connectivity index (χ4v) is 2.72. The Morgan fingerprint density at radius 2 is 2.05 bits per heavy atom. The summed E-state index contributed by atoms with van der Waals surface area (Å²) >= 11 is 0. The molecule has 0 aliphatic carbocycles. The first-order chi connectivity index (χ1) is 10.8. The zero-order valence-corrected chi connectivity index (χ0v) is 12.0. The van der Waals surface area contributed by atoms with Gasteiger partial charge in [0.2, 0.25) is 0 Å². The number of aromatic amines is 1. The van der Waals surface area contributed by atoms with Gasteiger partial charge in [-0.25, -0.2) is 9.97 Å². The fourth-order valence-electron chi connectivity index (χ4n) is 2.72. The SMILES string of the molecule is Oc1cccc(-c2nc3c(N4CCOCC4)nccc3[nH]2)c1. The number of fused-ring (bicyclic) bond motifs is 1. The van der Waals surface area contributed by atoms with E-state index in [1.807, 2.05) is 12.1 Å². The number of hydrogen-bond acceptors (Lipinski definition) is 5. The Labute approximate surface area is 127 Å². The standard InChI is InChI=1S/C16H16N4O2/c21-12-3-1-2-11(10-12)15-18-13-4-5-17-16(14(13)19-15)20-6-8-22-9-7-20/h1-5,10,21H,6-9H2,(H,18,19). The highest BCUT2D eigenvalue weighted by molar-refractivity contribution is 5.88. The van der Waals surface area contributed by atoms with Crippen LogP contribution in [0, 0.1) is 0 Å². The molecule has 6 heteroatoms.